The van der Waals surface area contributed by atoms with Crippen LogP contribution in [-0.4, -0.2) is 92.2 Å². The second-order valence-electron chi connectivity index (χ2n) is 12.7. The number of aliphatic hydroxyl groups excluding tert-OH is 2. The molecule has 0 saturated carbocycles. The van der Waals surface area contributed by atoms with E-state index in [0.717, 1.165) is 37.1 Å². The van der Waals surface area contributed by atoms with Gasteiger partial charge in [0.2, 0.25) is 5.91 Å². The van der Waals surface area contributed by atoms with Gasteiger partial charge in [-0.2, -0.15) is 0 Å². The molecule has 6 rings (SSSR count). The molecule has 2 saturated heterocycles. The van der Waals surface area contributed by atoms with Crippen molar-refractivity contribution in [2.75, 3.05) is 38.7 Å². The van der Waals surface area contributed by atoms with Crippen LogP contribution in [0.3, 0.4) is 0 Å². The molecular weight excluding hydrogens is 584 g/mol. The number of fused-ring (bicyclic) bond motifs is 1. The van der Waals surface area contributed by atoms with Gasteiger partial charge in [0.15, 0.2) is 23.2 Å². The molecule has 4 atom stereocenters. The first-order valence-electron chi connectivity index (χ1n) is 16.2. The number of nitrogens with one attached hydrogen (secondary N) is 1. The zero-order chi connectivity index (χ0) is 32.2. The molecule has 2 aliphatic heterocycles. The standard InChI is InChI=1S/C35H44N6O5/c1-22(2)23-14-16-40(17-15-23)29(42)18-28-38-33(36-19-26(24-10-6-4-7-11-24)25-12-8-5-9-13-25)30-34(39-28)41(21-37-30)35-32(44)31(43)27(46-35)20-45-3/h4-13,21-23,26-27,31-32,35,43-44H,14-20H2,1-3H3,(H,36,38,39). The lowest BCUT2D eigenvalue weighted by atomic mass is 9.86. The molecule has 244 valence electrons. The summed E-state index contributed by atoms with van der Waals surface area (Å²) in [5.74, 6) is 2.07. The molecule has 2 aromatic carbocycles. The minimum atomic E-state index is -1.23. The quantitative estimate of drug-likeness (QED) is 0.227. The molecule has 0 aliphatic carbocycles. The fraction of sp³-hybridized carbons (Fsp3) is 0.486. The van der Waals surface area contributed by atoms with Gasteiger partial charge < -0.3 is 29.9 Å². The Balaban J connectivity index is 1.32. The van der Waals surface area contributed by atoms with Crippen molar-refractivity contribution in [1.82, 2.24) is 24.4 Å². The summed E-state index contributed by atoms with van der Waals surface area (Å²) >= 11 is 0. The number of anilines is 1. The number of carbonyl (C=O) groups is 1. The highest BCUT2D eigenvalue weighted by molar-refractivity contribution is 5.84. The van der Waals surface area contributed by atoms with Crippen LogP contribution in [0.4, 0.5) is 5.82 Å². The van der Waals surface area contributed by atoms with Gasteiger partial charge in [-0.15, -0.1) is 0 Å². The van der Waals surface area contributed by atoms with Crippen LogP contribution >= 0.6 is 0 Å². The zero-order valence-corrected chi connectivity index (χ0v) is 26.7. The summed E-state index contributed by atoms with van der Waals surface area (Å²) in [6.45, 7) is 6.57. The van der Waals surface area contributed by atoms with E-state index in [1.54, 1.807) is 4.57 Å². The van der Waals surface area contributed by atoms with Crippen molar-refractivity contribution in [1.29, 1.82) is 0 Å². The van der Waals surface area contributed by atoms with E-state index in [0.29, 0.717) is 41.2 Å². The molecule has 46 heavy (non-hydrogen) atoms. The zero-order valence-electron chi connectivity index (χ0n) is 26.7. The van der Waals surface area contributed by atoms with Gasteiger partial charge in [0.25, 0.3) is 0 Å². The average Bonchev–Trinajstić information content (AvgIpc) is 3.62. The first kappa shape index (κ1) is 32.1. The van der Waals surface area contributed by atoms with Gasteiger partial charge >= 0.3 is 0 Å². The average molecular weight is 629 g/mol. The Morgan fingerprint density at radius 2 is 1.65 bits per heavy atom. The fourth-order valence-corrected chi connectivity index (χ4v) is 6.67. The number of benzene rings is 2. The second-order valence-corrected chi connectivity index (χ2v) is 12.7. The number of hydrogen-bond acceptors (Lipinski definition) is 9. The third kappa shape index (κ3) is 6.78. The number of hydrogen-bond donors (Lipinski definition) is 3. The van der Waals surface area contributed by atoms with Crippen molar-refractivity contribution < 1.29 is 24.5 Å². The number of aliphatic hydroxyl groups is 2. The van der Waals surface area contributed by atoms with Crippen molar-refractivity contribution >= 4 is 22.9 Å². The third-order valence-electron chi connectivity index (χ3n) is 9.43. The Labute approximate surface area is 269 Å². The van der Waals surface area contributed by atoms with Crippen molar-refractivity contribution in [3.05, 3.63) is 83.9 Å². The molecule has 4 aromatic rings. The summed E-state index contributed by atoms with van der Waals surface area (Å²) < 4.78 is 12.8. The van der Waals surface area contributed by atoms with E-state index in [1.165, 1.54) is 13.4 Å². The van der Waals surface area contributed by atoms with E-state index in [9.17, 15) is 15.0 Å². The Kier molecular flexibility index (Phi) is 9.93. The first-order chi connectivity index (χ1) is 22.3. The number of likely N-dealkylation sites (tertiary alicyclic amines) is 1. The van der Waals surface area contributed by atoms with E-state index in [4.69, 9.17) is 19.4 Å². The van der Waals surface area contributed by atoms with Gasteiger partial charge in [0.05, 0.1) is 19.4 Å². The Morgan fingerprint density at radius 3 is 2.26 bits per heavy atom. The van der Waals surface area contributed by atoms with Crippen LogP contribution in [-0.2, 0) is 20.7 Å². The lowest BCUT2D eigenvalue weighted by molar-refractivity contribution is -0.132. The summed E-state index contributed by atoms with van der Waals surface area (Å²) in [7, 11) is 1.51. The van der Waals surface area contributed by atoms with Crippen LogP contribution in [0.5, 0.6) is 0 Å². The molecule has 2 aliphatic rings. The van der Waals surface area contributed by atoms with Crippen molar-refractivity contribution in [2.45, 2.75) is 63.6 Å². The molecule has 11 nitrogen and oxygen atoms in total. The number of rotatable bonds is 11. The number of imidazole rings is 1. The number of methoxy groups -OCH3 is 1. The Bertz CT molecular complexity index is 1550. The number of piperidine rings is 1. The second kappa shape index (κ2) is 14.3. The maximum absolute atomic E-state index is 13.5. The summed E-state index contributed by atoms with van der Waals surface area (Å²) in [4.78, 5) is 29.7. The van der Waals surface area contributed by atoms with Gasteiger partial charge in [-0.3, -0.25) is 9.36 Å². The third-order valence-corrected chi connectivity index (χ3v) is 9.43. The summed E-state index contributed by atoms with van der Waals surface area (Å²) in [6.07, 6.45) is -0.473. The molecule has 2 aromatic heterocycles. The Hall–Kier alpha value is -3.90. The maximum atomic E-state index is 13.5. The maximum Gasteiger partial charge on any atom is 0.230 e. The topological polar surface area (TPSA) is 135 Å². The minimum Gasteiger partial charge on any atom is -0.387 e. The number of carbonyl (C=O) groups excluding carboxylic acids is 1. The first-order valence-corrected chi connectivity index (χ1v) is 16.2. The molecule has 2 fully saturated rings. The smallest absolute Gasteiger partial charge is 0.230 e. The molecule has 4 unspecified atom stereocenters. The molecule has 4 heterocycles. The van der Waals surface area contributed by atoms with Gasteiger partial charge in [0.1, 0.15) is 24.1 Å². The lowest BCUT2D eigenvalue weighted by Gasteiger charge is -2.33. The molecule has 3 N–H and O–H groups in total. The molecule has 0 spiro atoms. The molecule has 11 heteroatoms. The Morgan fingerprint density at radius 1 is 1.00 bits per heavy atom. The van der Waals surface area contributed by atoms with Crippen LogP contribution in [0, 0.1) is 11.8 Å². The van der Waals surface area contributed by atoms with Crippen molar-refractivity contribution in [3.63, 3.8) is 0 Å². The summed E-state index contributed by atoms with van der Waals surface area (Å²) in [5, 5.41) is 25.1. The van der Waals surface area contributed by atoms with Crippen LogP contribution in [0.25, 0.3) is 11.2 Å². The van der Waals surface area contributed by atoms with Gasteiger partial charge in [-0.1, -0.05) is 74.5 Å². The van der Waals surface area contributed by atoms with E-state index in [2.05, 4.69) is 48.4 Å². The van der Waals surface area contributed by atoms with Crippen LogP contribution in [0.15, 0.2) is 67.0 Å². The summed E-state index contributed by atoms with van der Waals surface area (Å²) in [5.41, 5.74) is 3.19. The highest BCUT2D eigenvalue weighted by Crippen LogP contribution is 2.33. The fourth-order valence-electron chi connectivity index (χ4n) is 6.67. The normalized spacial score (nSPS) is 22.3. The summed E-state index contributed by atoms with van der Waals surface area (Å²) in [6, 6.07) is 20.6. The van der Waals surface area contributed by atoms with E-state index in [1.807, 2.05) is 41.3 Å². The van der Waals surface area contributed by atoms with E-state index >= 15 is 0 Å². The number of nitrogens with zero attached hydrogens (tertiary/aromatic N) is 5. The van der Waals surface area contributed by atoms with E-state index < -0.39 is 24.5 Å². The predicted molar refractivity (Wildman–Crippen MR) is 174 cm³/mol. The van der Waals surface area contributed by atoms with Gasteiger partial charge in [-0.25, -0.2) is 15.0 Å². The molecule has 0 bridgehead atoms. The largest absolute Gasteiger partial charge is 0.387 e. The monoisotopic (exact) mass is 628 g/mol. The highest BCUT2D eigenvalue weighted by Gasteiger charge is 2.44. The number of ether oxygens (including phenoxy) is 2. The number of amides is 1. The SMILES string of the molecule is COCC1OC(n2cnc3c(NCC(c4ccccc4)c4ccccc4)nc(CC(=O)N4CCC(C(C)C)CC4)nc32)C(O)C1O. The molecule has 0 radical (unpaired) electrons. The predicted octanol–water partition coefficient (Wildman–Crippen LogP) is 3.77. The highest BCUT2D eigenvalue weighted by atomic mass is 16.6. The van der Waals surface area contributed by atoms with Gasteiger partial charge in [-0.05, 0) is 35.8 Å². The lowest BCUT2D eigenvalue weighted by Crippen LogP contribution is -2.40. The van der Waals surface area contributed by atoms with E-state index in [-0.39, 0.29) is 24.9 Å². The molecule has 1 amide bonds. The number of aromatic nitrogens is 4. The molecular formula is C35H44N6O5. The van der Waals surface area contributed by atoms with Crippen LogP contribution in [0.2, 0.25) is 0 Å². The van der Waals surface area contributed by atoms with Crippen LogP contribution in [0.1, 0.15) is 55.8 Å². The van der Waals surface area contributed by atoms with Crippen LogP contribution < -0.4 is 5.32 Å². The van der Waals surface area contributed by atoms with Gasteiger partial charge in [0, 0.05) is 32.7 Å². The minimum absolute atomic E-state index is 0.0160. The van der Waals surface area contributed by atoms with Crippen molar-refractivity contribution in [2.24, 2.45) is 11.8 Å². The van der Waals surface area contributed by atoms with Crippen molar-refractivity contribution in [3.8, 4) is 0 Å².